The zero-order chi connectivity index (χ0) is 15.6. The Balaban J connectivity index is 2.46. The molecule has 0 aliphatic carbocycles. The Morgan fingerprint density at radius 1 is 1.14 bits per heavy atom. The Morgan fingerprint density at radius 3 is 2.19 bits per heavy atom. The van der Waals surface area contributed by atoms with Crippen molar-refractivity contribution in [2.75, 3.05) is 19.1 Å². The van der Waals surface area contributed by atoms with Crippen molar-refractivity contribution in [2.24, 2.45) is 0 Å². The number of nitrogens with one attached hydrogen (secondary N) is 1. The van der Waals surface area contributed by atoms with E-state index in [0.717, 1.165) is 0 Å². The van der Waals surface area contributed by atoms with Gasteiger partial charge in [0.25, 0.3) is 0 Å². The van der Waals surface area contributed by atoms with Crippen LogP contribution in [-0.4, -0.2) is 38.1 Å². The molecule has 0 bridgehead atoms. The molecule has 1 saturated heterocycles. The van der Waals surface area contributed by atoms with Crippen LogP contribution in [-0.2, 0) is 9.59 Å². The van der Waals surface area contributed by atoms with Crippen LogP contribution in [0.2, 0.25) is 0 Å². The Hall–Kier alpha value is -2.24. The second kappa shape index (κ2) is 6.03. The highest BCUT2D eigenvalue weighted by atomic mass is 16.5. The summed E-state index contributed by atoms with van der Waals surface area (Å²) in [6.07, 6.45) is 0.550. The van der Waals surface area contributed by atoms with E-state index in [1.807, 2.05) is 6.92 Å². The van der Waals surface area contributed by atoms with Gasteiger partial charge in [0.2, 0.25) is 11.8 Å². The molecule has 1 N–H and O–H groups in total. The SMILES string of the molecule is CCC1NC(=O)C(C)N(c2cc(OC)cc(OC)c2)C1=O. The standard InChI is InChI=1S/C15H20N2O4/c1-5-13-15(19)17(9(2)14(18)16-13)10-6-11(20-3)8-12(7-10)21-4/h6-9,13H,5H2,1-4H3,(H,16,18). The lowest BCUT2D eigenvalue weighted by Crippen LogP contribution is -2.62. The van der Waals surface area contributed by atoms with Crippen LogP contribution >= 0.6 is 0 Å². The second-order valence-corrected chi connectivity index (χ2v) is 4.92. The molecule has 1 aliphatic rings. The molecule has 1 aliphatic heterocycles. The average Bonchev–Trinajstić information content (AvgIpc) is 2.50. The maximum absolute atomic E-state index is 12.5. The molecular weight excluding hydrogens is 272 g/mol. The maximum atomic E-state index is 12.5. The van der Waals surface area contributed by atoms with Gasteiger partial charge < -0.3 is 14.8 Å². The van der Waals surface area contributed by atoms with E-state index in [4.69, 9.17) is 9.47 Å². The van der Waals surface area contributed by atoms with Crippen LogP contribution in [0.4, 0.5) is 5.69 Å². The maximum Gasteiger partial charge on any atom is 0.250 e. The molecule has 114 valence electrons. The fourth-order valence-electron chi connectivity index (χ4n) is 2.39. The van der Waals surface area contributed by atoms with Gasteiger partial charge in [-0.15, -0.1) is 0 Å². The van der Waals surface area contributed by atoms with Crippen molar-refractivity contribution in [3.63, 3.8) is 0 Å². The Morgan fingerprint density at radius 2 is 1.71 bits per heavy atom. The summed E-state index contributed by atoms with van der Waals surface area (Å²) in [6, 6.07) is 4.10. The minimum atomic E-state index is -0.572. The highest BCUT2D eigenvalue weighted by Gasteiger charge is 2.38. The average molecular weight is 292 g/mol. The van der Waals surface area contributed by atoms with E-state index >= 15 is 0 Å². The van der Waals surface area contributed by atoms with E-state index in [-0.39, 0.29) is 11.8 Å². The first kappa shape index (κ1) is 15.2. The van der Waals surface area contributed by atoms with Crippen LogP contribution in [0.25, 0.3) is 0 Å². The molecule has 0 saturated carbocycles. The minimum absolute atomic E-state index is 0.125. The smallest absolute Gasteiger partial charge is 0.250 e. The van der Waals surface area contributed by atoms with Crippen LogP contribution in [0, 0.1) is 0 Å². The van der Waals surface area contributed by atoms with Gasteiger partial charge in [-0.1, -0.05) is 6.92 Å². The van der Waals surface area contributed by atoms with Gasteiger partial charge in [0.15, 0.2) is 0 Å². The second-order valence-electron chi connectivity index (χ2n) is 4.92. The molecule has 1 aromatic rings. The lowest BCUT2D eigenvalue weighted by atomic mass is 10.0. The van der Waals surface area contributed by atoms with Crippen LogP contribution in [0.15, 0.2) is 18.2 Å². The summed E-state index contributed by atoms with van der Waals surface area (Å²) in [5, 5.41) is 2.73. The molecule has 1 heterocycles. The van der Waals surface area contributed by atoms with Crippen LogP contribution in [0.1, 0.15) is 20.3 Å². The number of amides is 2. The number of rotatable bonds is 4. The number of benzene rings is 1. The number of methoxy groups -OCH3 is 2. The summed E-state index contributed by atoms with van der Waals surface area (Å²) in [6.45, 7) is 3.56. The zero-order valence-electron chi connectivity index (χ0n) is 12.7. The third-order valence-corrected chi connectivity index (χ3v) is 3.64. The lowest BCUT2D eigenvalue weighted by Gasteiger charge is -2.37. The zero-order valence-corrected chi connectivity index (χ0v) is 12.7. The first-order valence-corrected chi connectivity index (χ1v) is 6.88. The van der Waals surface area contributed by atoms with Crippen molar-refractivity contribution >= 4 is 17.5 Å². The Kier molecular flexibility index (Phi) is 4.35. The topological polar surface area (TPSA) is 67.9 Å². The van der Waals surface area contributed by atoms with Crippen LogP contribution in [0.5, 0.6) is 11.5 Å². The number of nitrogens with zero attached hydrogens (tertiary/aromatic N) is 1. The van der Waals surface area contributed by atoms with Gasteiger partial charge in [-0.05, 0) is 13.3 Å². The molecular formula is C15H20N2O4. The number of anilines is 1. The van der Waals surface area contributed by atoms with Crippen molar-refractivity contribution in [3.05, 3.63) is 18.2 Å². The summed E-state index contributed by atoms with van der Waals surface area (Å²) in [5.74, 6) is 0.856. The fourth-order valence-corrected chi connectivity index (χ4v) is 2.39. The lowest BCUT2D eigenvalue weighted by molar-refractivity contribution is -0.133. The van der Waals surface area contributed by atoms with Gasteiger partial charge in [-0.2, -0.15) is 0 Å². The first-order chi connectivity index (χ1) is 10.0. The van der Waals surface area contributed by atoms with E-state index in [1.54, 1.807) is 39.3 Å². The summed E-state index contributed by atoms with van der Waals surface area (Å²) in [5.41, 5.74) is 0.594. The largest absolute Gasteiger partial charge is 0.497 e. The molecule has 0 aromatic heterocycles. The normalized spacial score (nSPS) is 22.0. The van der Waals surface area contributed by atoms with Crippen LogP contribution in [0.3, 0.4) is 0 Å². The first-order valence-electron chi connectivity index (χ1n) is 6.88. The summed E-state index contributed by atoms with van der Waals surface area (Å²) in [4.78, 5) is 26.1. The van der Waals surface area contributed by atoms with Gasteiger partial charge in [0.1, 0.15) is 23.6 Å². The number of carbonyl (C=O) groups excluding carboxylic acids is 2. The molecule has 21 heavy (non-hydrogen) atoms. The molecule has 6 nitrogen and oxygen atoms in total. The van der Waals surface area contributed by atoms with E-state index in [9.17, 15) is 9.59 Å². The summed E-state index contributed by atoms with van der Waals surface area (Å²) in [7, 11) is 3.09. The molecule has 1 fully saturated rings. The number of piperazine rings is 1. The molecule has 0 radical (unpaired) electrons. The van der Waals surface area contributed by atoms with Gasteiger partial charge in [-0.25, -0.2) is 0 Å². The summed E-state index contributed by atoms with van der Waals surface area (Å²) >= 11 is 0. The fraction of sp³-hybridized carbons (Fsp3) is 0.467. The molecule has 6 heteroatoms. The Bertz CT molecular complexity index is 536. The van der Waals surface area contributed by atoms with Crippen LogP contribution < -0.4 is 19.7 Å². The monoisotopic (exact) mass is 292 g/mol. The van der Waals surface area contributed by atoms with Crippen molar-refractivity contribution in [1.82, 2.24) is 5.32 Å². The van der Waals surface area contributed by atoms with Crippen molar-refractivity contribution < 1.29 is 19.1 Å². The predicted octanol–water partition coefficient (Wildman–Crippen LogP) is 1.33. The van der Waals surface area contributed by atoms with Crippen molar-refractivity contribution in [3.8, 4) is 11.5 Å². The van der Waals surface area contributed by atoms with Crippen molar-refractivity contribution in [1.29, 1.82) is 0 Å². The predicted molar refractivity (Wildman–Crippen MR) is 78.7 cm³/mol. The van der Waals surface area contributed by atoms with Gasteiger partial charge in [-0.3, -0.25) is 14.5 Å². The molecule has 2 amide bonds. The van der Waals surface area contributed by atoms with Crippen molar-refractivity contribution in [2.45, 2.75) is 32.4 Å². The third-order valence-electron chi connectivity index (χ3n) is 3.64. The molecule has 0 spiro atoms. The number of ether oxygens (including phenoxy) is 2. The minimum Gasteiger partial charge on any atom is -0.497 e. The number of carbonyl (C=O) groups is 2. The van der Waals surface area contributed by atoms with E-state index < -0.39 is 12.1 Å². The number of hydrogen-bond donors (Lipinski definition) is 1. The molecule has 2 unspecified atom stereocenters. The molecule has 1 aromatic carbocycles. The van der Waals surface area contributed by atoms with Gasteiger partial charge >= 0.3 is 0 Å². The highest BCUT2D eigenvalue weighted by molar-refractivity contribution is 6.08. The molecule has 2 atom stereocenters. The number of hydrogen-bond acceptors (Lipinski definition) is 4. The third kappa shape index (κ3) is 2.79. The summed E-state index contributed by atoms with van der Waals surface area (Å²) < 4.78 is 10.4. The van der Waals surface area contributed by atoms with E-state index in [1.165, 1.54) is 4.90 Å². The van der Waals surface area contributed by atoms with E-state index in [0.29, 0.717) is 23.6 Å². The quantitative estimate of drug-likeness (QED) is 0.909. The van der Waals surface area contributed by atoms with E-state index in [2.05, 4.69) is 5.32 Å². The molecule has 2 rings (SSSR count). The van der Waals surface area contributed by atoms with Gasteiger partial charge in [0.05, 0.1) is 19.9 Å². The highest BCUT2D eigenvalue weighted by Crippen LogP contribution is 2.31. The van der Waals surface area contributed by atoms with Gasteiger partial charge in [0, 0.05) is 18.2 Å². The Labute approximate surface area is 124 Å².